The molecule has 57 heavy (non-hydrogen) atoms. The van der Waals surface area contributed by atoms with E-state index >= 15 is 0 Å². The van der Waals surface area contributed by atoms with Crippen LogP contribution < -0.4 is 9.47 Å². The van der Waals surface area contributed by atoms with Crippen molar-refractivity contribution in [2.75, 3.05) is 0 Å². The van der Waals surface area contributed by atoms with E-state index in [9.17, 15) is 9.59 Å². The van der Waals surface area contributed by atoms with Gasteiger partial charge in [0.15, 0.2) is 29.4 Å². The van der Waals surface area contributed by atoms with Gasteiger partial charge in [-0.2, -0.15) is 0 Å². The van der Waals surface area contributed by atoms with Crippen molar-refractivity contribution in [2.45, 2.75) is 68.9 Å². The molecular weight excluding hydrogens is 741 g/mol. The minimum Gasteiger partial charge on any atom is -0.426 e. The Hall–Kier alpha value is -5.82. The van der Waals surface area contributed by atoms with Gasteiger partial charge in [0.05, 0.1) is 33.6 Å². The Morgan fingerprint density at radius 1 is 0.439 bits per heavy atom. The SMILES string of the molecule is CCC(CC)C(=O)Oc1ccc([S+](c2ccccc2)c2cccc(-c3cccc(C(C)C(=O)Oc4ccc([S+](c5ccccc5)c5ccccc5)cc4)c3)c2)cc1. The topological polar surface area (TPSA) is 52.6 Å². The summed E-state index contributed by atoms with van der Waals surface area (Å²) in [5.41, 5.74) is 2.96. The molecule has 284 valence electrons. The fourth-order valence-corrected chi connectivity index (χ4v) is 10.9. The van der Waals surface area contributed by atoms with Gasteiger partial charge in [0.25, 0.3) is 0 Å². The first-order valence-electron chi connectivity index (χ1n) is 19.4. The molecule has 2 unspecified atom stereocenters. The highest BCUT2D eigenvalue weighted by atomic mass is 32.2. The van der Waals surface area contributed by atoms with Gasteiger partial charge in [-0.25, -0.2) is 0 Å². The van der Waals surface area contributed by atoms with Crippen LogP contribution in [0.25, 0.3) is 11.1 Å². The van der Waals surface area contributed by atoms with Crippen LogP contribution in [0, 0.1) is 5.92 Å². The highest BCUT2D eigenvalue weighted by molar-refractivity contribution is 7.97. The molecule has 7 aromatic rings. The van der Waals surface area contributed by atoms with E-state index in [4.69, 9.17) is 9.47 Å². The lowest BCUT2D eigenvalue weighted by Crippen LogP contribution is -2.19. The molecule has 0 heterocycles. The molecule has 0 aromatic heterocycles. The molecule has 0 N–H and O–H groups in total. The predicted octanol–water partition coefficient (Wildman–Crippen LogP) is 12.6. The Morgan fingerprint density at radius 3 is 1.30 bits per heavy atom. The minimum atomic E-state index is -0.479. The third-order valence-corrected chi connectivity index (χ3v) is 14.4. The van der Waals surface area contributed by atoms with E-state index in [1.165, 1.54) is 14.7 Å². The second-order valence-electron chi connectivity index (χ2n) is 13.7. The summed E-state index contributed by atoms with van der Waals surface area (Å²) in [6, 6.07) is 64.1. The Bertz CT molecular complexity index is 2340. The molecular formula is C51H46O4S2+2. The molecule has 0 aliphatic carbocycles. The van der Waals surface area contributed by atoms with Crippen molar-refractivity contribution in [3.63, 3.8) is 0 Å². The Kier molecular flexibility index (Phi) is 13.1. The highest BCUT2D eigenvalue weighted by Gasteiger charge is 2.31. The number of benzene rings is 7. The first-order valence-corrected chi connectivity index (χ1v) is 21.8. The molecule has 0 bridgehead atoms. The van der Waals surface area contributed by atoms with Crippen molar-refractivity contribution < 1.29 is 19.1 Å². The molecule has 7 aromatic carbocycles. The first kappa shape index (κ1) is 39.4. The largest absolute Gasteiger partial charge is 0.426 e. The lowest BCUT2D eigenvalue weighted by atomic mass is 9.96. The monoisotopic (exact) mass is 786 g/mol. The van der Waals surface area contributed by atoms with Crippen LogP contribution in [-0.2, 0) is 31.4 Å². The van der Waals surface area contributed by atoms with Gasteiger partial charge >= 0.3 is 11.9 Å². The van der Waals surface area contributed by atoms with Crippen molar-refractivity contribution in [1.29, 1.82) is 0 Å². The van der Waals surface area contributed by atoms with Crippen molar-refractivity contribution in [3.05, 3.63) is 194 Å². The van der Waals surface area contributed by atoms with Crippen molar-refractivity contribution in [1.82, 2.24) is 0 Å². The van der Waals surface area contributed by atoms with E-state index in [-0.39, 0.29) is 28.8 Å². The zero-order valence-corrected chi connectivity index (χ0v) is 34.0. The smallest absolute Gasteiger partial charge is 0.318 e. The van der Waals surface area contributed by atoms with Crippen LogP contribution in [-0.4, -0.2) is 11.9 Å². The summed E-state index contributed by atoms with van der Waals surface area (Å²) in [5.74, 6) is 0.0104. The number of carbonyl (C=O) groups is 2. The number of hydrogen-bond acceptors (Lipinski definition) is 4. The Labute approximate surface area is 342 Å². The minimum absolute atomic E-state index is 0.102. The normalized spacial score (nSPS) is 12.2. The average molecular weight is 787 g/mol. The third kappa shape index (κ3) is 9.60. The highest BCUT2D eigenvalue weighted by Crippen LogP contribution is 2.36. The predicted molar refractivity (Wildman–Crippen MR) is 232 cm³/mol. The molecule has 0 saturated heterocycles. The van der Waals surface area contributed by atoms with Crippen LogP contribution in [0.15, 0.2) is 217 Å². The maximum atomic E-state index is 13.6. The quantitative estimate of drug-likeness (QED) is 0.0626. The maximum absolute atomic E-state index is 13.6. The average Bonchev–Trinajstić information content (AvgIpc) is 3.26. The van der Waals surface area contributed by atoms with Gasteiger partial charge in [0.1, 0.15) is 11.5 Å². The van der Waals surface area contributed by atoms with Crippen LogP contribution in [0.1, 0.15) is 45.1 Å². The Morgan fingerprint density at radius 2 is 0.825 bits per heavy atom. The number of hydrogen-bond donors (Lipinski definition) is 0. The van der Waals surface area contributed by atoms with Gasteiger partial charge in [-0.3, -0.25) is 9.59 Å². The molecule has 0 spiro atoms. The summed E-state index contributed by atoms with van der Waals surface area (Å²) < 4.78 is 11.7. The van der Waals surface area contributed by atoms with E-state index in [1.807, 2.05) is 75.4 Å². The molecule has 4 nitrogen and oxygen atoms in total. The fourth-order valence-electron chi connectivity index (χ4n) is 6.73. The van der Waals surface area contributed by atoms with Crippen molar-refractivity contribution in [2.24, 2.45) is 5.92 Å². The molecule has 2 atom stereocenters. The molecule has 0 radical (unpaired) electrons. The fraction of sp³-hybridized carbons (Fsp3) is 0.137. The lowest BCUT2D eigenvalue weighted by Gasteiger charge is -2.14. The molecule has 0 saturated carbocycles. The van der Waals surface area contributed by atoms with Gasteiger partial charge in [-0.15, -0.1) is 0 Å². The van der Waals surface area contributed by atoms with Crippen LogP contribution in [0.3, 0.4) is 0 Å². The molecule has 0 aliphatic rings. The van der Waals surface area contributed by atoms with Crippen molar-refractivity contribution in [3.8, 4) is 22.6 Å². The molecule has 0 fully saturated rings. The lowest BCUT2D eigenvalue weighted by molar-refractivity contribution is -0.139. The van der Waals surface area contributed by atoms with Gasteiger partial charge in [0, 0.05) is 6.07 Å². The summed E-state index contributed by atoms with van der Waals surface area (Å²) in [6.45, 7) is 5.92. The van der Waals surface area contributed by atoms with E-state index in [1.54, 1.807) is 0 Å². The summed E-state index contributed by atoms with van der Waals surface area (Å²) in [6.07, 6.45) is 1.52. The molecule has 0 amide bonds. The Balaban J connectivity index is 1.09. The van der Waals surface area contributed by atoms with Gasteiger partial charge < -0.3 is 9.47 Å². The zero-order chi connectivity index (χ0) is 39.6. The van der Waals surface area contributed by atoms with E-state index in [0.29, 0.717) is 11.5 Å². The summed E-state index contributed by atoms with van der Waals surface area (Å²) >= 11 is 0. The number of esters is 2. The second kappa shape index (κ2) is 18.9. The van der Waals surface area contributed by atoms with Gasteiger partial charge in [-0.05, 0) is 127 Å². The molecule has 0 aliphatic heterocycles. The summed E-state index contributed by atoms with van der Waals surface area (Å²) in [4.78, 5) is 33.3. The first-order chi connectivity index (χ1) is 27.9. The molecule has 6 heteroatoms. The van der Waals surface area contributed by atoms with E-state index < -0.39 is 16.8 Å². The number of ether oxygens (including phenoxy) is 2. The second-order valence-corrected chi connectivity index (χ2v) is 17.8. The zero-order valence-electron chi connectivity index (χ0n) is 32.4. The maximum Gasteiger partial charge on any atom is 0.318 e. The summed E-state index contributed by atoms with van der Waals surface area (Å²) in [5, 5.41) is 0. The number of carbonyl (C=O) groups excluding carboxylic acids is 2. The van der Waals surface area contributed by atoms with Gasteiger partial charge in [-0.1, -0.05) is 105 Å². The van der Waals surface area contributed by atoms with Crippen LogP contribution >= 0.6 is 0 Å². The van der Waals surface area contributed by atoms with E-state index in [2.05, 4.69) is 133 Å². The van der Waals surface area contributed by atoms with Crippen LogP contribution in [0.4, 0.5) is 0 Å². The van der Waals surface area contributed by atoms with Crippen LogP contribution in [0.2, 0.25) is 0 Å². The summed E-state index contributed by atoms with van der Waals surface area (Å²) in [7, 11) is -0.700. The standard InChI is InChI=1S/C51H46O4S2/c1-4-38(5-2)51(53)55-43-29-33-48(34-30-43)57(46-24-13-8-14-25-46)49-26-16-19-41(36-49)40-18-15-17-39(35-40)37(3)50(52)54-42-27-31-47(32-28-42)56(44-20-9-6-10-21-44)45-22-11-7-12-23-45/h6-38H,4-5H2,1-3H3/q+2. The van der Waals surface area contributed by atoms with Crippen LogP contribution in [0.5, 0.6) is 11.5 Å². The molecule has 7 rings (SSSR count). The van der Waals surface area contributed by atoms with Gasteiger partial charge in [0.2, 0.25) is 0 Å². The number of rotatable bonds is 14. The van der Waals surface area contributed by atoms with Crippen molar-refractivity contribution >= 4 is 33.7 Å². The van der Waals surface area contributed by atoms with E-state index in [0.717, 1.165) is 44.2 Å². The third-order valence-electron chi connectivity index (χ3n) is 9.95.